The first-order valence-corrected chi connectivity index (χ1v) is 5.90. The Hall–Kier alpha value is -0.830. The monoisotopic (exact) mass is 263 g/mol. The quantitative estimate of drug-likeness (QED) is 0.567. The Balaban J connectivity index is 3.88. The third-order valence-electron chi connectivity index (χ3n) is 1.46. The summed E-state index contributed by atoms with van der Waals surface area (Å²) < 4.78 is 62.2. The van der Waals surface area contributed by atoms with Crippen LogP contribution in [0.25, 0.3) is 0 Å². The number of ether oxygens (including phenoxy) is 1. The maximum absolute atomic E-state index is 11.8. The van der Waals surface area contributed by atoms with E-state index >= 15 is 0 Å². The van der Waals surface area contributed by atoms with Gasteiger partial charge in [-0.3, -0.25) is 4.79 Å². The number of rotatable bonds is 6. The molecule has 16 heavy (non-hydrogen) atoms. The molecule has 0 saturated carbocycles. The van der Waals surface area contributed by atoms with Crippen molar-refractivity contribution in [3.63, 3.8) is 0 Å². The summed E-state index contributed by atoms with van der Waals surface area (Å²) in [7, 11) is -5.31. The molecule has 0 unspecified atom stereocenters. The van der Waals surface area contributed by atoms with Gasteiger partial charge >= 0.3 is 21.5 Å². The minimum Gasteiger partial charge on any atom is -0.466 e. The molecular formula is C7H12F3NO4S. The molecule has 0 aliphatic rings. The summed E-state index contributed by atoms with van der Waals surface area (Å²) in [5.41, 5.74) is -5.32. The minimum atomic E-state index is -5.32. The normalized spacial score (nSPS) is 12.5. The van der Waals surface area contributed by atoms with Crippen LogP contribution < -0.4 is 4.72 Å². The van der Waals surface area contributed by atoms with Crippen LogP contribution in [0.2, 0.25) is 0 Å². The molecule has 0 radical (unpaired) electrons. The number of nitrogens with one attached hydrogen (secondary N) is 1. The number of halogens is 3. The predicted octanol–water partition coefficient (Wildman–Crippen LogP) is 0.769. The van der Waals surface area contributed by atoms with E-state index in [1.54, 1.807) is 6.92 Å². The predicted molar refractivity (Wildman–Crippen MR) is 48.8 cm³/mol. The molecule has 0 aliphatic carbocycles. The second kappa shape index (κ2) is 6.04. The van der Waals surface area contributed by atoms with E-state index in [0.29, 0.717) is 0 Å². The summed E-state index contributed by atoms with van der Waals surface area (Å²) in [5, 5.41) is 0. The number of esters is 1. The molecular weight excluding hydrogens is 251 g/mol. The lowest BCUT2D eigenvalue weighted by Crippen LogP contribution is -2.37. The fourth-order valence-electron chi connectivity index (χ4n) is 0.754. The lowest BCUT2D eigenvalue weighted by Gasteiger charge is -2.08. The van der Waals surface area contributed by atoms with Crippen molar-refractivity contribution in [3.05, 3.63) is 0 Å². The lowest BCUT2D eigenvalue weighted by molar-refractivity contribution is -0.143. The second-order valence-corrected chi connectivity index (χ2v) is 4.51. The first-order chi connectivity index (χ1) is 7.20. The highest BCUT2D eigenvalue weighted by molar-refractivity contribution is 7.90. The Morgan fingerprint density at radius 1 is 1.38 bits per heavy atom. The zero-order valence-corrected chi connectivity index (χ0v) is 9.32. The Labute approximate surface area is 91.0 Å². The molecule has 0 spiro atoms. The van der Waals surface area contributed by atoms with E-state index in [-0.39, 0.29) is 19.4 Å². The Bertz CT molecular complexity index is 325. The van der Waals surface area contributed by atoms with Gasteiger partial charge in [-0.05, 0) is 13.3 Å². The summed E-state index contributed by atoms with van der Waals surface area (Å²) in [6.07, 6.45) is -0.178. The topological polar surface area (TPSA) is 72.5 Å². The van der Waals surface area contributed by atoms with Crippen molar-refractivity contribution in [1.29, 1.82) is 0 Å². The molecule has 96 valence electrons. The molecule has 0 aromatic rings. The Kier molecular flexibility index (Phi) is 5.73. The van der Waals surface area contributed by atoms with Crippen molar-refractivity contribution >= 4 is 16.0 Å². The molecule has 0 aromatic carbocycles. The van der Waals surface area contributed by atoms with Crippen LogP contribution in [0.1, 0.15) is 19.8 Å². The first-order valence-electron chi connectivity index (χ1n) is 4.42. The molecule has 0 amide bonds. The molecule has 0 fully saturated rings. The molecule has 0 aromatic heterocycles. The van der Waals surface area contributed by atoms with Crippen LogP contribution in [0.5, 0.6) is 0 Å². The van der Waals surface area contributed by atoms with E-state index in [1.165, 1.54) is 4.72 Å². The van der Waals surface area contributed by atoms with Gasteiger partial charge in [0.05, 0.1) is 6.61 Å². The van der Waals surface area contributed by atoms with Crippen LogP contribution in [-0.4, -0.2) is 33.0 Å². The highest BCUT2D eigenvalue weighted by atomic mass is 32.2. The van der Waals surface area contributed by atoms with Gasteiger partial charge in [-0.25, -0.2) is 13.1 Å². The molecule has 5 nitrogen and oxygen atoms in total. The highest BCUT2D eigenvalue weighted by Crippen LogP contribution is 2.21. The summed E-state index contributed by atoms with van der Waals surface area (Å²) in [4.78, 5) is 10.7. The van der Waals surface area contributed by atoms with E-state index < -0.39 is 28.0 Å². The summed E-state index contributed by atoms with van der Waals surface area (Å²) in [6.45, 7) is 1.30. The van der Waals surface area contributed by atoms with Crippen molar-refractivity contribution in [3.8, 4) is 0 Å². The van der Waals surface area contributed by atoms with Gasteiger partial charge < -0.3 is 4.74 Å². The van der Waals surface area contributed by atoms with Gasteiger partial charge in [0.15, 0.2) is 0 Å². The average molecular weight is 263 g/mol. The molecule has 0 rings (SSSR count). The molecule has 0 heterocycles. The minimum absolute atomic E-state index is 0.0475. The zero-order valence-electron chi connectivity index (χ0n) is 8.50. The Morgan fingerprint density at radius 3 is 2.38 bits per heavy atom. The molecule has 9 heteroatoms. The molecule has 0 atom stereocenters. The van der Waals surface area contributed by atoms with E-state index in [0.717, 1.165) is 0 Å². The number of carbonyl (C=O) groups excluding carboxylic acids is 1. The van der Waals surface area contributed by atoms with E-state index in [4.69, 9.17) is 0 Å². The van der Waals surface area contributed by atoms with Gasteiger partial charge in [0.2, 0.25) is 0 Å². The Morgan fingerprint density at radius 2 is 1.94 bits per heavy atom. The maximum atomic E-state index is 11.8. The van der Waals surface area contributed by atoms with Crippen molar-refractivity contribution in [2.75, 3.05) is 13.2 Å². The van der Waals surface area contributed by atoms with Crippen LogP contribution >= 0.6 is 0 Å². The number of alkyl halides is 3. The van der Waals surface area contributed by atoms with Gasteiger partial charge in [-0.1, -0.05) is 0 Å². The largest absolute Gasteiger partial charge is 0.511 e. The average Bonchev–Trinajstić information content (AvgIpc) is 2.11. The lowest BCUT2D eigenvalue weighted by atomic mass is 10.3. The fraction of sp³-hybridized carbons (Fsp3) is 0.857. The third kappa shape index (κ3) is 5.31. The maximum Gasteiger partial charge on any atom is 0.511 e. The number of carbonyl (C=O) groups is 1. The number of hydrogen-bond donors (Lipinski definition) is 1. The van der Waals surface area contributed by atoms with E-state index in [1.807, 2.05) is 0 Å². The van der Waals surface area contributed by atoms with Crippen molar-refractivity contribution in [2.45, 2.75) is 25.3 Å². The van der Waals surface area contributed by atoms with Crippen LogP contribution in [0, 0.1) is 0 Å². The van der Waals surface area contributed by atoms with Crippen LogP contribution in [0.3, 0.4) is 0 Å². The van der Waals surface area contributed by atoms with Crippen molar-refractivity contribution in [2.24, 2.45) is 0 Å². The van der Waals surface area contributed by atoms with E-state index in [9.17, 15) is 26.4 Å². The molecule has 1 N–H and O–H groups in total. The van der Waals surface area contributed by atoms with Gasteiger partial charge in [0.25, 0.3) is 0 Å². The second-order valence-electron chi connectivity index (χ2n) is 2.75. The van der Waals surface area contributed by atoms with Crippen LogP contribution in [0.4, 0.5) is 13.2 Å². The van der Waals surface area contributed by atoms with Gasteiger partial charge in [-0.2, -0.15) is 13.2 Å². The summed E-state index contributed by atoms with van der Waals surface area (Å²) >= 11 is 0. The number of sulfonamides is 1. The summed E-state index contributed by atoms with van der Waals surface area (Å²) in [5.74, 6) is -0.575. The first kappa shape index (κ1) is 15.2. The van der Waals surface area contributed by atoms with E-state index in [2.05, 4.69) is 4.74 Å². The molecule has 0 bridgehead atoms. The van der Waals surface area contributed by atoms with Gasteiger partial charge in [0, 0.05) is 13.0 Å². The van der Waals surface area contributed by atoms with Gasteiger partial charge in [0.1, 0.15) is 0 Å². The van der Waals surface area contributed by atoms with Crippen molar-refractivity contribution in [1.82, 2.24) is 4.72 Å². The number of hydrogen-bond acceptors (Lipinski definition) is 4. The van der Waals surface area contributed by atoms with Crippen LogP contribution in [0.15, 0.2) is 0 Å². The highest BCUT2D eigenvalue weighted by Gasteiger charge is 2.45. The smallest absolute Gasteiger partial charge is 0.466 e. The standard InChI is InChI=1S/C7H12F3NO4S/c1-2-15-6(12)4-3-5-11-16(13,14)7(8,9)10/h11H,2-5H2,1H3. The molecule has 0 aliphatic heterocycles. The van der Waals surface area contributed by atoms with Crippen molar-refractivity contribution < 1.29 is 31.1 Å². The SMILES string of the molecule is CCOC(=O)CCCNS(=O)(=O)C(F)(F)F. The summed E-state index contributed by atoms with van der Waals surface area (Å²) in [6, 6.07) is 0. The molecule has 0 saturated heterocycles. The fourth-order valence-corrected chi connectivity index (χ4v) is 1.33. The van der Waals surface area contributed by atoms with Crippen LogP contribution in [-0.2, 0) is 19.6 Å². The zero-order chi connectivity index (χ0) is 12.8. The van der Waals surface area contributed by atoms with Gasteiger partial charge in [-0.15, -0.1) is 0 Å². The third-order valence-corrected chi connectivity index (χ3v) is 2.65.